The molecule has 4 heteroatoms. The molecule has 0 radical (unpaired) electrons. The molecule has 25 heavy (non-hydrogen) atoms. The van der Waals surface area contributed by atoms with E-state index < -0.39 is 0 Å². The Labute approximate surface area is 150 Å². The Hall–Kier alpha value is -2.88. The van der Waals surface area contributed by atoms with Crippen molar-refractivity contribution < 1.29 is 0 Å². The Balaban J connectivity index is 2.13. The zero-order valence-corrected chi connectivity index (χ0v) is 14.9. The maximum Gasteiger partial charge on any atom is 0.0484 e. The minimum Gasteiger partial charge on any atom is -0.384 e. The molecule has 1 atom stereocenters. The van der Waals surface area contributed by atoms with Gasteiger partial charge in [-0.2, -0.15) is 0 Å². The van der Waals surface area contributed by atoms with Crippen molar-refractivity contribution in [3.63, 3.8) is 0 Å². The van der Waals surface area contributed by atoms with Gasteiger partial charge in [-0.15, -0.1) is 0 Å². The van der Waals surface area contributed by atoms with E-state index in [4.69, 9.17) is 0 Å². The van der Waals surface area contributed by atoms with Crippen molar-refractivity contribution >= 4 is 36.1 Å². The Morgan fingerprint density at radius 1 is 1.12 bits per heavy atom. The van der Waals surface area contributed by atoms with Crippen molar-refractivity contribution in [1.29, 1.82) is 0 Å². The van der Waals surface area contributed by atoms with Crippen LogP contribution in [0.25, 0.3) is 6.08 Å². The lowest BCUT2D eigenvalue weighted by molar-refractivity contribution is 0.695. The molecule has 0 aliphatic carbocycles. The lowest BCUT2D eigenvalue weighted by atomic mass is 10.1. The van der Waals surface area contributed by atoms with E-state index in [2.05, 4.69) is 52.5 Å². The average Bonchev–Trinajstić information content (AvgIpc) is 2.62. The maximum absolute atomic E-state index is 4.39. The van der Waals surface area contributed by atoms with Crippen LogP contribution in [0.3, 0.4) is 0 Å². The third kappa shape index (κ3) is 6.26. The van der Waals surface area contributed by atoms with Crippen LogP contribution >= 0.6 is 0 Å². The van der Waals surface area contributed by atoms with E-state index in [0.717, 1.165) is 35.6 Å². The van der Waals surface area contributed by atoms with Crippen LogP contribution in [0.15, 0.2) is 64.7 Å². The predicted molar refractivity (Wildman–Crippen MR) is 111 cm³/mol. The zero-order valence-electron chi connectivity index (χ0n) is 14.9. The van der Waals surface area contributed by atoms with Crippen LogP contribution < -0.4 is 10.6 Å². The Kier molecular flexibility index (Phi) is 7.44. The van der Waals surface area contributed by atoms with Gasteiger partial charge in [-0.25, -0.2) is 0 Å². The topological polar surface area (TPSA) is 48.8 Å². The molecule has 0 saturated heterocycles. The maximum atomic E-state index is 4.39. The number of hydrogen-bond acceptors (Lipinski definition) is 4. The van der Waals surface area contributed by atoms with Crippen LogP contribution in [0, 0.1) is 0 Å². The summed E-state index contributed by atoms with van der Waals surface area (Å²) in [6.45, 7) is 8.43. The highest BCUT2D eigenvalue weighted by atomic mass is 14.9. The third-order valence-electron chi connectivity index (χ3n) is 3.76. The summed E-state index contributed by atoms with van der Waals surface area (Å²) in [5.41, 5.74) is 4.25. The zero-order chi connectivity index (χ0) is 17.9. The summed E-state index contributed by atoms with van der Waals surface area (Å²) >= 11 is 0. The number of anilines is 3. The summed E-state index contributed by atoms with van der Waals surface area (Å²) < 4.78 is 0. The Morgan fingerprint density at radius 2 is 1.92 bits per heavy atom. The fourth-order valence-electron chi connectivity index (χ4n) is 2.50. The molecule has 130 valence electrons. The summed E-state index contributed by atoms with van der Waals surface area (Å²) in [4.78, 5) is 8.19. The number of nitrogens with one attached hydrogen (secondary N) is 2. The molecule has 0 amide bonds. The lowest BCUT2D eigenvalue weighted by Crippen LogP contribution is -2.10. The van der Waals surface area contributed by atoms with E-state index in [0.29, 0.717) is 6.04 Å². The minimum absolute atomic E-state index is 0.317. The first kappa shape index (κ1) is 18.5. The van der Waals surface area contributed by atoms with Gasteiger partial charge >= 0.3 is 0 Å². The fourth-order valence-corrected chi connectivity index (χ4v) is 2.50. The van der Waals surface area contributed by atoms with Gasteiger partial charge in [0.2, 0.25) is 0 Å². The molecule has 0 bridgehead atoms. The molecule has 4 nitrogen and oxygen atoms in total. The van der Waals surface area contributed by atoms with E-state index >= 15 is 0 Å². The first-order chi connectivity index (χ1) is 12.2. The molecule has 0 fully saturated rings. The number of para-hydroxylation sites is 1. The van der Waals surface area contributed by atoms with Crippen LogP contribution in [0.4, 0.5) is 17.1 Å². The number of hydrogen-bond donors (Lipinski definition) is 2. The summed E-state index contributed by atoms with van der Waals surface area (Å²) in [5.74, 6) is 0. The number of nitrogens with zero attached hydrogens (tertiary/aromatic N) is 2. The van der Waals surface area contributed by atoms with E-state index in [1.165, 1.54) is 0 Å². The highest BCUT2D eigenvalue weighted by Gasteiger charge is 2.04. The lowest BCUT2D eigenvalue weighted by Gasteiger charge is -2.14. The van der Waals surface area contributed by atoms with Crippen LogP contribution in [-0.2, 0) is 0 Å². The van der Waals surface area contributed by atoms with Gasteiger partial charge in [-0.3, -0.25) is 9.98 Å². The second-order valence-corrected chi connectivity index (χ2v) is 5.76. The van der Waals surface area contributed by atoms with Gasteiger partial charge < -0.3 is 10.6 Å². The van der Waals surface area contributed by atoms with E-state index in [1.54, 1.807) is 6.20 Å². The molecular formula is C21H26N4. The number of benzene rings is 2. The Bertz CT molecular complexity index is 720. The highest BCUT2D eigenvalue weighted by molar-refractivity contribution is 5.73. The van der Waals surface area contributed by atoms with Crippen molar-refractivity contribution in [3.05, 3.63) is 60.3 Å². The van der Waals surface area contributed by atoms with Gasteiger partial charge in [-0.05, 0) is 69.1 Å². The standard InChI is InChI=1S/C21H26N4/c1-4-23-17(2)12-15-24-21-16-20(11-10-18(21)13-14-22-3)25-19-8-6-5-7-9-19/h4-11,13-14,16-17,24-25H,3,12,15H2,1-2H3/b14-13+,23-4?. The molecule has 0 spiro atoms. The Morgan fingerprint density at radius 3 is 2.64 bits per heavy atom. The van der Waals surface area contributed by atoms with Crippen molar-refractivity contribution in [2.75, 3.05) is 17.2 Å². The second kappa shape index (κ2) is 10.1. The van der Waals surface area contributed by atoms with Crippen molar-refractivity contribution in [2.24, 2.45) is 9.98 Å². The molecule has 2 aromatic rings. The molecule has 1 unspecified atom stereocenters. The molecule has 2 aromatic carbocycles. The molecule has 2 rings (SSSR count). The van der Waals surface area contributed by atoms with Gasteiger partial charge in [-0.1, -0.05) is 24.3 Å². The fraction of sp³-hybridized carbons (Fsp3) is 0.238. The van der Waals surface area contributed by atoms with E-state index in [9.17, 15) is 0 Å². The van der Waals surface area contributed by atoms with Crippen LogP contribution in [-0.4, -0.2) is 25.5 Å². The third-order valence-corrected chi connectivity index (χ3v) is 3.76. The molecule has 0 aromatic heterocycles. The summed E-state index contributed by atoms with van der Waals surface area (Å²) in [5, 5.41) is 6.93. The first-order valence-corrected chi connectivity index (χ1v) is 8.53. The van der Waals surface area contributed by atoms with Crippen molar-refractivity contribution in [2.45, 2.75) is 26.3 Å². The van der Waals surface area contributed by atoms with Crippen LogP contribution in [0.1, 0.15) is 25.8 Å². The molecule has 0 heterocycles. The highest BCUT2D eigenvalue weighted by Crippen LogP contribution is 2.25. The molecule has 2 N–H and O–H groups in total. The second-order valence-electron chi connectivity index (χ2n) is 5.76. The van der Waals surface area contributed by atoms with Crippen molar-refractivity contribution in [1.82, 2.24) is 0 Å². The molecule has 0 saturated carbocycles. The van der Waals surface area contributed by atoms with Crippen LogP contribution in [0.5, 0.6) is 0 Å². The quantitative estimate of drug-likeness (QED) is 0.605. The SMILES string of the molecule is C=N/C=C/c1ccc(Nc2ccccc2)cc1NCCC(C)N=CC. The summed E-state index contributed by atoms with van der Waals surface area (Å²) in [7, 11) is 0. The summed E-state index contributed by atoms with van der Waals surface area (Å²) in [6.07, 6.45) is 6.49. The first-order valence-electron chi connectivity index (χ1n) is 8.53. The van der Waals surface area contributed by atoms with Gasteiger partial charge in [0.15, 0.2) is 0 Å². The smallest absolute Gasteiger partial charge is 0.0484 e. The van der Waals surface area contributed by atoms with Gasteiger partial charge in [0.1, 0.15) is 0 Å². The normalized spacial score (nSPS) is 12.4. The van der Waals surface area contributed by atoms with E-state index in [-0.39, 0.29) is 0 Å². The van der Waals surface area contributed by atoms with Gasteiger partial charge in [0.05, 0.1) is 0 Å². The summed E-state index contributed by atoms with van der Waals surface area (Å²) in [6, 6.07) is 16.7. The monoisotopic (exact) mass is 334 g/mol. The molecule has 0 aliphatic heterocycles. The molecular weight excluding hydrogens is 308 g/mol. The largest absolute Gasteiger partial charge is 0.384 e. The predicted octanol–water partition coefficient (Wildman–Crippen LogP) is 5.38. The van der Waals surface area contributed by atoms with Crippen molar-refractivity contribution in [3.8, 4) is 0 Å². The van der Waals surface area contributed by atoms with Gasteiger partial charge in [0, 0.05) is 35.8 Å². The average molecular weight is 334 g/mol. The number of rotatable bonds is 9. The number of aliphatic imine (C=N–C) groups is 2. The van der Waals surface area contributed by atoms with Crippen LogP contribution in [0.2, 0.25) is 0 Å². The molecule has 0 aliphatic rings. The van der Waals surface area contributed by atoms with E-state index in [1.807, 2.05) is 49.5 Å². The van der Waals surface area contributed by atoms with Gasteiger partial charge in [0.25, 0.3) is 0 Å². The minimum atomic E-state index is 0.317.